The number of hydrogen-bond acceptors (Lipinski definition) is 5. The van der Waals surface area contributed by atoms with E-state index in [1.54, 1.807) is 6.07 Å². The molecule has 3 heterocycles. The van der Waals surface area contributed by atoms with E-state index < -0.39 is 12.0 Å². The molecule has 1 amide bonds. The van der Waals surface area contributed by atoms with E-state index in [-0.39, 0.29) is 11.8 Å². The molecule has 7 nitrogen and oxygen atoms in total. The number of furan rings is 1. The van der Waals surface area contributed by atoms with Crippen molar-refractivity contribution in [2.45, 2.75) is 18.9 Å². The summed E-state index contributed by atoms with van der Waals surface area (Å²) in [6.07, 6.45) is 1.33. The zero-order chi connectivity index (χ0) is 18.8. The molecule has 2 fully saturated rings. The third-order valence-corrected chi connectivity index (χ3v) is 5.51. The summed E-state index contributed by atoms with van der Waals surface area (Å²) in [5.74, 6) is -0.341. The number of benzene rings is 1. The smallest absolute Gasteiger partial charge is 0.328 e. The number of carboxylic acid groups (broad SMARTS) is 1. The van der Waals surface area contributed by atoms with E-state index in [2.05, 4.69) is 0 Å². The maximum absolute atomic E-state index is 12.7. The van der Waals surface area contributed by atoms with Crippen LogP contribution in [0.5, 0.6) is 0 Å². The Hall–Kier alpha value is -2.38. The largest absolute Gasteiger partial charge is 0.480 e. The van der Waals surface area contributed by atoms with Crippen LogP contribution in [-0.2, 0) is 14.3 Å². The molecule has 2 aliphatic heterocycles. The predicted octanol–water partition coefficient (Wildman–Crippen LogP) is 2.13. The van der Waals surface area contributed by atoms with Crippen LogP contribution >= 0.6 is 0 Å². The molecule has 2 saturated heterocycles. The van der Waals surface area contributed by atoms with Crippen LogP contribution < -0.4 is 0 Å². The first kappa shape index (κ1) is 18.0. The zero-order valence-corrected chi connectivity index (χ0v) is 15.2. The monoisotopic (exact) mass is 372 g/mol. The van der Waals surface area contributed by atoms with Crippen LogP contribution in [-0.4, -0.2) is 66.2 Å². The lowest BCUT2D eigenvalue weighted by atomic mass is 9.93. The third-order valence-electron chi connectivity index (χ3n) is 5.51. The minimum Gasteiger partial charge on any atom is -0.480 e. The van der Waals surface area contributed by atoms with E-state index in [1.165, 1.54) is 0 Å². The molecule has 144 valence electrons. The normalized spacial score (nSPS) is 20.7. The minimum absolute atomic E-state index is 0.0375. The number of nitrogens with zero attached hydrogens (tertiary/aromatic N) is 2. The lowest BCUT2D eigenvalue weighted by Gasteiger charge is -2.37. The number of aliphatic carboxylic acids is 1. The Labute approximate surface area is 157 Å². The predicted molar refractivity (Wildman–Crippen MR) is 98.3 cm³/mol. The molecule has 0 bridgehead atoms. The van der Waals surface area contributed by atoms with Gasteiger partial charge in [0.1, 0.15) is 11.3 Å². The van der Waals surface area contributed by atoms with Crippen molar-refractivity contribution in [2.24, 2.45) is 5.92 Å². The summed E-state index contributed by atoms with van der Waals surface area (Å²) in [7, 11) is 0. The molecule has 0 spiro atoms. The molecule has 0 aliphatic carbocycles. The average Bonchev–Trinajstić information content (AvgIpc) is 3.12. The Bertz CT molecular complexity index is 786. The van der Waals surface area contributed by atoms with Gasteiger partial charge in [0.15, 0.2) is 6.04 Å². The van der Waals surface area contributed by atoms with Crippen molar-refractivity contribution in [2.75, 3.05) is 39.4 Å². The van der Waals surface area contributed by atoms with E-state index in [4.69, 9.17) is 9.15 Å². The van der Waals surface area contributed by atoms with Crippen LogP contribution in [0.4, 0.5) is 0 Å². The molecule has 1 N–H and O–H groups in total. The molecular formula is C20H24N2O5. The van der Waals surface area contributed by atoms with Crippen molar-refractivity contribution < 1.29 is 23.8 Å². The molecule has 0 saturated carbocycles. The number of morpholine rings is 1. The van der Waals surface area contributed by atoms with E-state index in [0.29, 0.717) is 63.6 Å². The zero-order valence-electron chi connectivity index (χ0n) is 15.2. The molecule has 7 heteroatoms. The summed E-state index contributed by atoms with van der Waals surface area (Å²) >= 11 is 0. The highest BCUT2D eigenvalue weighted by atomic mass is 16.5. The van der Waals surface area contributed by atoms with Crippen molar-refractivity contribution in [3.05, 3.63) is 36.1 Å². The first-order valence-electron chi connectivity index (χ1n) is 9.45. The van der Waals surface area contributed by atoms with Gasteiger partial charge in [0.05, 0.1) is 13.2 Å². The molecule has 1 atom stereocenters. The van der Waals surface area contributed by atoms with Gasteiger partial charge in [-0.15, -0.1) is 0 Å². The maximum atomic E-state index is 12.7. The van der Waals surface area contributed by atoms with Gasteiger partial charge in [0, 0.05) is 37.5 Å². The maximum Gasteiger partial charge on any atom is 0.328 e. The molecular weight excluding hydrogens is 348 g/mol. The number of para-hydroxylation sites is 1. The van der Waals surface area contributed by atoms with E-state index >= 15 is 0 Å². The Balaban J connectivity index is 1.44. The van der Waals surface area contributed by atoms with Crippen molar-refractivity contribution in [3.63, 3.8) is 0 Å². The number of carbonyl (C=O) groups excluding carboxylic acids is 1. The Morgan fingerprint density at radius 3 is 2.44 bits per heavy atom. The number of ether oxygens (including phenoxy) is 1. The number of fused-ring (bicyclic) bond motifs is 1. The van der Waals surface area contributed by atoms with Crippen molar-refractivity contribution >= 4 is 22.8 Å². The molecule has 2 aliphatic rings. The van der Waals surface area contributed by atoms with Gasteiger partial charge in [-0.05, 0) is 25.0 Å². The Morgan fingerprint density at radius 1 is 1.07 bits per heavy atom. The lowest BCUT2D eigenvalue weighted by Crippen LogP contribution is -2.47. The molecule has 4 rings (SSSR count). The number of carbonyl (C=O) groups is 2. The standard InChI is InChI=1S/C20H24N2O5/c23-19(22-9-11-26-12-10-22)14-5-7-21(8-6-14)18(20(24)25)17-13-15-3-1-2-4-16(15)27-17/h1-4,13-14,18H,5-12H2,(H,24,25)/t18-/m1/s1. The fraction of sp³-hybridized carbons (Fsp3) is 0.500. The fourth-order valence-corrected chi connectivity index (χ4v) is 4.04. The Morgan fingerprint density at radius 2 is 1.78 bits per heavy atom. The van der Waals surface area contributed by atoms with Crippen LogP contribution in [0.15, 0.2) is 34.7 Å². The molecule has 0 unspecified atom stereocenters. The summed E-state index contributed by atoms with van der Waals surface area (Å²) in [6.45, 7) is 3.62. The third kappa shape index (κ3) is 3.70. The average molecular weight is 372 g/mol. The van der Waals surface area contributed by atoms with Crippen LogP contribution in [0.25, 0.3) is 11.0 Å². The number of piperidine rings is 1. The number of rotatable bonds is 4. The quantitative estimate of drug-likeness (QED) is 0.885. The number of likely N-dealkylation sites (tertiary alicyclic amines) is 1. The topological polar surface area (TPSA) is 83.2 Å². The van der Waals surface area contributed by atoms with Gasteiger partial charge in [-0.3, -0.25) is 14.5 Å². The molecule has 1 aromatic heterocycles. The van der Waals surface area contributed by atoms with Gasteiger partial charge in [-0.2, -0.15) is 0 Å². The van der Waals surface area contributed by atoms with Gasteiger partial charge in [0.25, 0.3) is 0 Å². The molecule has 0 radical (unpaired) electrons. The van der Waals surface area contributed by atoms with Crippen LogP contribution in [0.2, 0.25) is 0 Å². The highest BCUT2D eigenvalue weighted by Crippen LogP contribution is 2.31. The summed E-state index contributed by atoms with van der Waals surface area (Å²) in [5.41, 5.74) is 0.691. The van der Waals surface area contributed by atoms with Gasteiger partial charge in [-0.25, -0.2) is 0 Å². The van der Waals surface area contributed by atoms with E-state index in [0.717, 1.165) is 5.39 Å². The molecule has 27 heavy (non-hydrogen) atoms. The van der Waals surface area contributed by atoms with Crippen LogP contribution in [0, 0.1) is 5.92 Å². The van der Waals surface area contributed by atoms with Crippen LogP contribution in [0.1, 0.15) is 24.6 Å². The molecule has 1 aromatic carbocycles. The highest BCUT2D eigenvalue weighted by molar-refractivity contribution is 5.82. The summed E-state index contributed by atoms with van der Waals surface area (Å²) < 4.78 is 11.1. The first-order chi connectivity index (χ1) is 13.1. The van der Waals surface area contributed by atoms with Gasteiger partial charge in [-0.1, -0.05) is 18.2 Å². The summed E-state index contributed by atoms with van der Waals surface area (Å²) in [4.78, 5) is 28.4. The second kappa shape index (κ2) is 7.70. The SMILES string of the molecule is O=C(O)[C@@H](c1cc2ccccc2o1)N1CCC(C(=O)N2CCOCC2)CC1. The van der Waals surface area contributed by atoms with Gasteiger partial charge >= 0.3 is 5.97 Å². The Kier molecular flexibility index (Phi) is 5.13. The van der Waals surface area contributed by atoms with E-state index in [9.17, 15) is 14.7 Å². The van der Waals surface area contributed by atoms with Gasteiger partial charge < -0.3 is 19.2 Å². The second-order valence-electron chi connectivity index (χ2n) is 7.18. The van der Waals surface area contributed by atoms with Gasteiger partial charge in [0.2, 0.25) is 5.91 Å². The van der Waals surface area contributed by atoms with Crippen molar-refractivity contribution in [1.82, 2.24) is 9.80 Å². The lowest BCUT2D eigenvalue weighted by molar-refractivity contribution is -0.146. The van der Waals surface area contributed by atoms with Crippen molar-refractivity contribution in [1.29, 1.82) is 0 Å². The number of amides is 1. The highest BCUT2D eigenvalue weighted by Gasteiger charge is 2.36. The van der Waals surface area contributed by atoms with E-state index in [1.807, 2.05) is 34.1 Å². The van der Waals surface area contributed by atoms with Crippen LogP contribution in [0.3, 0.4) is 0 Å². The second-order valence-corrected chi connectivity index (χ2v) is 7.18. The number of carboxylic acids is 1. The molecule has 2 aromatic rings. The minimum atomic E-state index is -0.924. The van der Waals surface area contributed by atoms with Crippen molar-refractivity contribution in [3.8, 4) is 0 Å². The summed E-state index contributed by atoms with van der Waals surface area (Å²) in [6, 6.07) is 8.50. The fourth-order valence-electron chi connectivity index (χ4n) is 4.04. The first-order valence-corrected chi connectivity index (χ1v) is 9.45. The summed E-state index contributed by atoms with van der Waals surface area (Å²) in [5, 5.41) is 10.7. The number of hydrogen-bond donors (Lipinski definition) is 1.